The fourth-order valence-electron chi connectivity index (χ4n) is 1.48. The van der Waals surface area contributed by atoms with Gasteiger partial charge in [-0.2, -0.15) is 13.2 Å². The lowest BCUT2D eigenvalue weighted by Crippen LogP contribution is -2.42. The summed E-state index contributed by atoms with van der Waals surface area (Å²) in [6.07, 6.45) is -4.17. The van der Waals surface area contributed by atoms with Crippen molar-refractivity contribution in [2.75, 3.05) is 0 Å². The van der Waals surface area contributed by atoms with Crippen molar-refractivity contribution in [1.82, 2.24) is 25.6 Å². The summed E-state index contributed by atoms with van der Waals surface area (Å²) in [7, 11) is 0. The SMILES string of the molecule is CC(CC(F)(F)F)NC(=O)NCc1cn(CC(=O)O)nn1. The highest BCUT2D eigenvalue weighted by Crippen LogP contribution is 2.21. The Morgan fingerprint density at radius 2 is 2.14 bits per heavy atom. The number of carboxylic acids is 1. The van der Waals surface area contributed by atoms with Crippen molar-refractivity contribution in [1.29, 1.82) is 0 Å². The van der Waals surface area contributed by atoms with Gasteiger partial charge in [0.05, 0.1) is 19.2 Å². The van der Waals surface area contributed by atoms with Gasteiger partial charge >= 0.3 is 18.2 Å². The van der Waals surface area contributed by atoms with E-state index >= 15 is 0 Å². The summed E-state index contributed by atoms with van der Waals surface area (Å²) in [4.78, 5) is 21.8. The van der Waals surface area contributed by atoms with Gasteiger partial charge in [0.25, 0.3) is 0 Å². The molecule has 3 N–H and O–H groups in total. The number of nitrogens with one attached hydrogen (secondary N) is 2. The van der Waals surface area contributed by atoms with Gasteiger partial charge in [-0.1, -0.05) is 5.21 Å². The molecule has 1 rings (SSSR count). The van der Waals surface area contributed by atoms with E-state index in [0.717, 1.165) is 4.68 Å². The first-order chi connectivity index (χ1) is 9.65. The Morgan fingerprint density at radius 1 is 1.48 bits per heavy atom. The molecule has 0 saturated heterocycles. The Morgan fingerprint density at radius 3 is 2.71 bits per heavy atom. The molecule has 0 saturated carbocycles. The number of hydrogen-bond acceptors (Lipinski definition) is 4. The van der Waals surface area contributed by atoms with Gasteiger partial charge in [0.2, 0.25) is 0 Å². The van der Waals surface area contributed by atoms with Gasteiger partial charge in [-0.3, -0.25) is 4.79 Å². The number of nitrogens with zero attached hydrogens (tertiary/aromatic N) is 3. The Bertz CT molecular complexity index is 502. The van der Waals surface area contributed by atoms with E-state index in [4.69, 9.17) is 5.11 Å². The van der Waals surface area contributed by atoms with E-state index in [-0.39, 0.29) is 18.8 Å². The number of alkyl halides is 3. The van der Waals surface area contributed by atoms with Crippen LogP contribution in [0.2, 0.25) is 0 Å². The van der Waals surface area contributed by atoms with Crippen LogP contribution in [0.1, 0.15) is 19.0 Å². The van der Waals surface area contributed by atoms with Crippen LogP contribution < -0.4 is 10.6 Å². The average Bonchev–Trinajstić information content (AvgIpc) is 2.70. The summed E-state index contributed by atoms with van der Waals surface area (Å²) in [5.74, 6) is -1.10. The predicted octanol–water partition coefficient (Wildman–Crippen LogP) is 0.503. The first kappa shape index (κ1) is 16.7. The van der Waals surface area contributed by atoms with E-state index < -0.39 is 30.6 Å². The van der Waals surface area contributed by atoms with Crippen molar-refractivity contribution >= 4 is 12.0 Å². The monoisotopic (exact) mass is 309 g/mol. The Hall–Kier alpha value is -2.33. The van der Waals surface area contributed by atoms with E-state index in [1.54, 1.807) is 0 Å². The third-order valence-corrected chi connectivity index (χ3v) is 2.23. The molecule has 0 bridgehead atoms. The van der Waals surface area contributed by atoms with Crippen LogP contribution in [0.25, 0.3) is 0 Å². The lowest BCUT2D eigenvalue weighted by molar-refractivity contribution is -0.139. The van der Waals surface area contributed by atoms with E-state index in [1.165, 1.54) is 13.1 Å². The molecule has 21 heavy (non-hydrogen) atoms. The summed E-state index contributed by atoms with van der Waals surface area (Å²) in [5.41, 5.74) is 0.287. The van der Waals surface area contributed by atoms with Crippen molar-refractivity contribution in [3.63, 3.8) is 0 Å². The molecular weight excluding hydrogens is 295 g/mol. The highest BCUT2D eigenvalue weighted by molar-refractivity contribution is 5.74. The molecule has 118 valence electrons. The molecule has 0 radical (unpaired) electrons. The number of amides is 2. The zero-order valence-electron chi connectivity index (χ0n) is 11.0. The van der Waals surface area contributed by atoms with Gasteiger partial charge in [0.1, 0.15) is 12.2 Å². The second-order valence-electron chi connectivity index (χ2n) is 4.35. The van der Waals surface area contributed by atoms with Crippen LogP contribution in [-0.4, -0.2) is 44.3 Å². The molecule has 0 aliphatic heterocycles. The Labute approximate surface area is 117 Å². The molecule has 1 heterocycles. The fourth-order valence-corrected chi connectivity index (χ4v) is 1.48. The molecule has 11 heteroatoms. The number of urea groups is 1. The molecule has 1 unspecified atom stereocenters. The molecule has 0 aromatic carbocycles. The normalized spacial score (nSPS) is 12.8. The van der Waals surface area contributed by atoms with Crippen LogP contribution in [0.5, 0.6) is 0 Å². The van der Waals surface area contributed by atoms with Crippen molar-refractivity contribution in [2.45, 2.75) is 38.7 Å². The standard InChI is InChI=1S/C10H14F3N5O3/c1-6(2-10(11,12)13)15-9(21)14-3-7-4-18(17-16-7)5-8(19)20/h4,6H,2-3,5H2,1H3,(H,19,20)(H2,14,15,21). The van der Waals surface area contributed by atoms with Crippen LogP contribution >= 0.6 is 0 Å². The number of aliphatic carboxylic acids is 1. The first-order valence-corrected chi connectivity index (χ1v) is 5.87. The summed E-state index contributed by atoms with van der Waals surface area (Å²) >= 11 is 0. The number of halogens is 3. The lowest BCUT2D eigenvalue weighted by atomic mass is 10.2. The highest BCUT2D eigenvalue weighted by Gasteiger charge is 2.30. The molecule has 0 fully saturated rings. The van der Waals surface area contributed by atoms with Crippen LogP contribution in [0.4, 0.5) is 18.0 Å². The maximum atomic E-state index is 12.1. The second kappa shape index (κ2) is 6.90. The van der Waals surface area contributed by atoms with Gasteiger partial charge < -0.3 is 15.7 Å². The molecule has 0 aliphatic rings. The van der Waals surface area contributed by atoms with Crippen LogP contribution in [-0.2, 0) is 17.9 Å². The minimum absolute atomic E-state index is 0.0792. The van der Waals surface area contributed by atoms with Crippen molar-refractivity contribution in [3.05, 3.63) is 11.9 Å². The zero-order valence-corrected chi connectivity index (χ0v) is 11.0. The second-order valence-corrected chi connectivity index (χ2v) is 4.35. The van der Waals surface area contributed by atoms with Crippen LogP contribution in [0.15, 0.2) is 6.20 Å². The van der Waals surface area contributed by atoms with E-state index in [1.807, 2.05) is 0 Å². The minimum atomic E-state index is -4.35. The molecule has 1 atom stereocenters. The first-order valence-electron chi connectivity index (χ1n) is 5.87. The van der Waals surface area contributed by atoms with Crippen LogP contribution in [0.3, 0.4) is 0 Å². The number of carbonyl (C=O) groups excluding carboxylic acids is 1. The third-order valence-electron chi connectivity index (χ3n) is 2.23. The topological polar surface area (TPSA) is 109 Å². The summed E-state index contributed by atoms with van der Waals surface area (Å²) in [6.45, 7) is 0.780. The summed E-state index contributed by atoms with van der Waals surface area (Å²) < 4.78 is 37.3. The molecule has 2 amide bonds. The lowest BCUT2D eigenvalue weighted by Gasteiger charge is -2.15. The van der Waals surface area contributed by atoms with Gasteiger partial charge in [-0.05, 0) is 6.92 Å². The van der Waals surface area contributed by atoms with Crippen molar-refractivity contribution < 1.29 is 27.9 Å². The van der Waals surface area contributed by atoms with E-state index in [0.29, 0.717) is 0 Å². The van der Waals surface area contributed by atoms with Gasteiger partial charge in [0, 0.05) is 6.04 Å². The van der Waals surface area contributed by atoms with E-state index in [2.05, 4.69) is 20.9 Å². The van der Waals surface area contributed by atoms with E-state index in [9.17, 15) is 22.8 Å². The minimum Gasteiger partial charge on any atom is -0.480 e. The molecule has 0 aliphatic carbocycles. The summed E-state index contributed by atoms with van der Waals surface area (Å²) in [5, 5.41) is 20.1. The Balaban J connectivity index is 2.36. The maximum absolute atomic E-state index is 12.1. The predicted molar refractivity (Wildman–Crippen MR) is 63.2 cm³/mol. The van der Waals surface area contributed by atoms with Crippen LogP contribution in [0, 0.1) is 0 Å². The van der Waals surface area contributed by atoms with Crippen molar-refractivity contribution in [3.8, 4) is 0 Å². The highest BCUT2D eigenvalue weighted by atomic mass is 19.4. The molecule has 1 aromatic heterocycles. The fraction of sp³-hybridized carbons (Fsp3) is 0.600. The Kier molecular flexibility index (Phi) is 5.50. The maximum Gasteiger partial charge on any atom is 0.391 e. The molecule has 0 spiro atoms. The quantitative estimate of drug-likeness (QED) is 0.709. The van der Waals surface area contributed by atoms with Gasteiger partial charge in [-0.25, -0.2) is 9.48 Å². The third kappa shape index (κ3) is 7.13. The average molecular weight is 309 g/mol. The van der Waals surface area contributed by atoms with Gasteiger partial charge in [-0.15, -0.1) is 5.10 Å². The number of carboxylic acid groups (broad SMARTS) is 1. The number of rotatable bonds is 6. The molecule has 8 nitrogen and oxygen atoms in total. The molecule has 1 aromatic rings. The smallest absolute Gasteiger partial charge is 0.391 e. The zero-order chi connectivity index (χ0) is 16.0. The molecular formula is C10H14F3N5O3. The van der Waals surface area contributed by atoms with Crippen molar-refractivity contribution in [2.24, 2.45) is 0 Å². The number of aromatic nitrogens is 3. The largest absolute Gasteiger partial charge is 0.480 e. The number of hydrogen-bond donors (Lipinski definition) is 3. The summed E-state index contributed by atoms with van der Waals surface area (Å²) in [6, 6.07) is -1.84. The number of carbonyl (C=O) groups is 2. The van der Waals surface area contributed by atoms with Gasteiger partial charge in [0.15, 0.2) is 0 Å².